The Morgan fingerprint density at radius 3 is 2.50 bits per heavy atom. The highest BCUT2D eigenvalue weighted by molar-refractivity contribution is 5.79. The predicted molar refractivity (Wildman–Crippen MR) is 121 cm³/mol. The predicted octanol–water partition coefficient (Wildman–Crippen LogP) is 3.62. The summed E-state index contributed by atoms with van der Waals surface area (Å²) in [4.78, 5) is 16.8. The molecule has 2 rings (SSSR count). The fourth-order valence-electron chi connectivity index (χ4n) is 3.32. The van der Waals surface area contributed by atoms with Crippen LogP contribution in [0.2, 0.25) is 0 Å². The number of guanidine groups is 1. The lowest BCUT2D eigenvalue weighted by atomic mass is 9.95. The van der Waals surface area contributed by atoms with Gasteiger partial charge in [0.25, 0.3) is 0 Å². The van der Waals surface area contributed by atoms with Crippen molar-refractivity contribution >= 4 is 12.1 Å². The van der Waals surface area contributed by atoms with Gasteiger partial charge in [0.1, 0.15) is 5.60 Å². The molecule has 0 spiro atoms. The first-order chi connectivity index (χ1) is 14.1. The van der Waals surface area contributed by atoms with Crippen LogP contribution in [0.1, 0.15) is 59.6 Å². The highest BCUT2D eigenvalue weighted by Crippen LogP contribution is 2.33. The van der Waals surface area contributed by atoms with Gasteiger partial charge in [-0.3, -0.25) is 4.99 Å². The molecule has 0 aliphatic carbocycles. The zero-order chi connectivity index (χ0) is 22.2. The van der Waals surface area contributed by atoms with E-state index in [0.717, 1.165) is 32.1 Å². The molecule has 1 heterocycles. The van der Waals surface area contributed by atoms with E-state index < -0.39 is 17.2 Å². The van der Waals surface area contributed by atoms with E-state index in [1.807, 2.05) is 59.7 Å². The number of benzene rings is 1. The smallest absolute Gasteiger partial charge is 0.408 e. The molecule has 0 bridgehead atoms. The number of hydrogen-bond donors (Lipinski definition) is 3. The van der Waals surface area contributed by atoms with Gasteiger partial charge in [-0.1, -0.05) is 30.3 Å². The molecule has 1 fully saturated rings. The normalized spacial score (nSPS) is 20.0. The molecule has 1 aliphatic heterocycles. The molecule has 168 valence electrons. The van der Waals surface area contributed by atoms with Crippen molar-refractivity contribution in [3.8, 4) is 0 Å². The maximum atomic E-state index is 12.1. The first-order valence-corrected chi connectivity index (χ1v) is 10.8. The van der Waals surface area contributed by atoms with Gasteiger partial charge in [0, 0.05) is 25.6 Å². The number of ether oxygens (including phenoxy) is 2. The molecule has 0 radical (unpaired) electrons. The number of alkyl carbamates (subject to hydrolysis) is 1. The molecule has 1 aromatic carbocycles. The van der Waals surface area contributed by atoms with Crippen molar-refractivity contribution in [1.82, 2.24) is 16.0 Å². The van der Waals surface area contributed by atoms with Crippen LogP contribution in [-0.4, -0.2) is 49.4 Å². The van der Waals surface area contributed by atoms with Crippen molar-refractivity contribution in [1.29, 1.82) is 0 Å². The summed E-state index contributed by atoms with van der Waals surface area (Å²) in [6, 6.07) is 10.4. The lowest BCUT2D eigenvalue weighted by Gasteiger charge is -2.28. The maximum Gasteiger partial charge on any atom is 0.408 e. The monoisotopic (exact) mass is 418 g/mol. The van der Waals surface area contributed by atoms with Crippen molar-refractivity contribution in [2.45, 2.75) is 65.2 Å². The van der Waals surface area contributed by atoms with Crippen LogP contribution in [0.3, 0.4) is 0 Å². The third-order valence-corrected chi connectivity index (χ3v) is 4.69. The van der Waals surface area contributed by atoms with Crippen LogP contribution < -0.4 is 16.0 Å². The Kier molecular flexibility index (Phi) is 8.53. The summed E-state index contributed by atoms with van der Waals surface area (Å²) in [6.45, 7) is 14.2. The molecule has 0 aromatic heterocycles. The molecule has 1 aliphatic rings. The number of nitrogens with zero attached hydrogens (tertiary/aromatic N) is 1. The zero-order valence-corrected chi connectivity index (χ0v) is 19.2. The van der Waals surface area contributed by atoms with Gasteiger partial charge >= 0.3 is 6.09 Å². The SMILES string of the molecule is CCNC(=NCC(C)(C)NC(=O)OC(C)(C)C)NCC1CCOC1c1ccccc1. The largest absolute Gasteiger partial charge is 0.444 e. The molecule has 0 saturated carbocycles. The lowest BCUT2D eigenvalue weighted by Crippen LogP contribution is -2.49. The number of nitrogens with one attached hydrogen (secondary N) is 3. The average molecular weight is 419 g/mol. The van der Waals surface area contributed by atoms with Crippen LogP contribution in [0.5, 0.6) is 0 Å². The summed E-state index contributed by atoms with van der Waals surface area (Å²) in [7, 11) is 0. The van der Waals surface area contributed by atoms with Crippen LogP contribution in [0, 0.1) is 5.92 Å². The number of hydrogen-bond acceptors (Lipinski definition) is 4. The Balaban J connectivity index is 1.93. The first kappa shape index (κ1) is 24.0. The van der Waals surface area contributed by atoms with Crippen LogP contribution in [0.25, 0.3) is 0 Å². The first-order valence-electron chi connectivity index (χ1n) is 10.8. The van der Waals surface area contributed by atoms with Crippen molar-refractivity contribution in [3.05, 3.63) is 35.9 Å². The summed E-state index contributed by atoms with van der Waals surface area (Å²) in [5.41, 5.74) is 0.151. The Hall–Kier alpha value is -2.28. The van der Waals surface area contributed by atoms with Crippen LogP contribution >= 0.6 is 0 Å². The molecule has 1 aromatic rings. The highest BCUT2D eigenvalue weighted by Gasteiger charge is 2.30. The molecule has 30 heavy (non-hydrogen) atoms. The Morgan fingerprint density at radius 1 is 1.17 bits per heavy atom. The van der Waals surface area contributed by atoms with Crippen LogP contribution in [0.15, 0.2) is 35.3 Å². The van der Waals surface area contributed by atoms with Crippen molar-refractivity contribution in [2.24, 2.45) is 10.9 Å². The molecule has 1 amide bonds. The summed E-state index contributed by atoms with van der Waals surface area (Å²) >= 11 is 0. The zero-order valence-electron chi connectivity index (χ0n) is 19.2. The summed E-state index contributed by atoms with van der Waals surface area (Å²) in [6.07, 6.45) is 0.679. The maximum absolute atomic E-state index is 12.1. The average Bonchev–Trinajstić information content (AvgIpc) is 3.11. The van der Waals surface area contributed by atoms with E-state index in [1.165, 1.54) is 5.56 Å². The second-order valence-corrected chi connectivity index (χ2v) is 9.34. The third kappa shape index (κ3) is 8.22. The molecule has 7 nitrogen and oxygen atoms in total. The molecular formula is C23H38N4O3. The van der Waals surface area contributed by atoms with E-state index in [0.29, 0.717) is 12.5 Å². The molecule has 3 N–H and O–H groups in total. The number of aliphatic imine (C=N–C) groups is 1. The standard InChI is InChI=1S/C23H38N4O3/c1-7-24-20(26-16-23(5,6)27-21(28)30-22(2,3)4)25-15-18-13-14-29-19(18)17-11-9-8-10-12-17/h8-12,18-19H,7,13-16H2,1-6H3,(H,27,28)(H2,24,25,26). The quantitative estimate of drug-likeness (QED) is 0.465. The summed E-state index contributed by atoms with van der Waals surface area (Å²) < 4.78 is 11.3. The van der Waals surface area contributed by atoms with Crippen molar-refractivity contribution < 1.29 is 14.3 Å². The summed E-state index contributed by atoms with van der Waals surface area (Å²) in [5.74, 6) is 1.11. The minimum absolute atomic E-state index is 0.104. The summed E-state index contributed by atoms with van der Waals surface area (Å²) in [5, 5.41) is 9.61. The van der Waals surface area contributed by atoms with Crippen LogP contribution in [0.4, 0.5) is 4.79 Å². The Morgan fingerprint density at radius 2 is 1.87 bits per heavy atom. The molecule has 1 saturated heterocycles. The van der Waals surface area contributed by atoms with E-state index in [2.05, 4.69) is 33.1 Å². The highest BCUT2D eigenvalue weighted by atomic mass is 16.6. The minimum atomic E-state index is -0.534. The molecular weight excluding hydrogens is 380 g/mol. The minimum Gasteiger partial charge on any atom is -0.444 e. The lowest BCUT2D eigenvalue weighted by molar-refractivity contribution is 0.0476. The number of carbonyl (C=O) groups is 1. The van der Waals surface area contributed by atoms with Crippen LogP contribution in [-0.2, 0) is 9.47 Å². The number of amides is 1. The van der Waals surface area contributed by atoms with Crippen molar-refractivity contribution in [2.75, 3.05) is 26.2 Å². The van der Waals surface area contributed by atoms with E-state index in [9.17, 15) is 4.79 Å². The third-order valence-electron chi connectivity index (χ3n) is 4.69. The van der Waals surface area contributed by atoms with Gasteiger partial charge in [-0.15, -0.1) is 0 Å². The second kappa shape index (κ2) is 10.7. The number of carbonyl (C=O) groups excluding carboxylic acids is 1. The van der Waals surface area contributed by atoms with Gasteiger partial charge in [-0.05, 0) is 53.5 Å². The Labute approximate surface area is 181 Å². The fraction of sp³-hybridized carbons (Fsp3) is 0.652. The van der Waals surface area contributed by atoms with E-state index >= 15 is 0 Å². The Bertz CT molecular complexity index is 698. The number of rotatable bonds is 7. The van der Waals surface area contributed by atoms with E-state index in [1.54, 1.807) is 0 Å². The molecule has 2 unspecified atom stereocenters. The van der Waals surface area contributed by atoms with Gasteiger partial charge in [0.15, 0.2) is 5.96 Å². The van der Waals surface area contributed by atoms with E-state index in [-0.39, 0.29) is 6.10 Å². The molecule has 7 heteroatoms. The second-order valence-electron chi connectivity index (χ2n) is 9.34. The molecule has 2 atom stereocenters. The van der Waals surface area contributed by atoms with Gasteiger partial charge < -0.3 is 25.4 Å². The van der Waals surface area contributed by atoms with Gasteiger partial charge in [-0.25, -0.2) is 4.79 Å². The van der Waals surface area contributed by atoms with Gasteiger partial charge in [0.2, 0.25) is 0 Å². The van der Waals surface area contributed by atoms with Gasteiger partial charge in [-0.2, -0.15) is 0 Å². The van der Waals surface area contributed by atoms with E-state index in [4.69, 9.17) is 9.47 Å². The van der Waals surface area contributed by atoms with Crippen molar-refractivity contribution in [3.63, 3.8) is 0 Å². The fourth-order valence-corrected chi connectivity index (χ4v) is 3.32. The van der Waals surface area contributed by atoms with Gasteiger partial charge in [0.05, 0.1) is 18.2 Å². The topological polar surface area (TPSA) is 84.0 Å².